The van der Waals surface area contributed by atoms with E-state index < -0.39 is 24.0 Å². The summed E-state index contributed by atoms with van der Waals surface area (Å²) in [7, 11) is 0. The van der Waals surface area contributed by atoms with E-state index in [1.807, 2.05) is 0 Å². The van der Waals surface area contributed by atoms with Gasteiger partial charge in [0.05, 0.1) is 11.7 Å². The number of hydrogen-bond donors (Lipinski definition) is 4. The first kappa shape index (κ1) is 13.6. The molecule has 0 saturated heterocycles. The summed E-state index contributed by atoms with van der Waals surface area (Å²) in [6.07, 6.45) is -3.04. The lowest BCUT2D eigenvalue weighted by molar-refractivity contribution is 0.00229. The quantitative estimate of drug-likeness (QED) is 0.597. The van der Waals surface area contributed by atoms with Crippen molar-refractivity contribution in [2.75, 3.05) is 6.61 Å². The predicted molar refractivity (Wildman–Crippen MR) is 56.0 cm³/mol. The van der Waals surface area contributed by atoms with Crippen LogP contribution in [0.25, 0.3) is 0 Å². The number of benzene rings is 1. The summed E-state index contributed by atoms with van der Waals surface area (Å²) in [5.74, 6) is -2.06. The monoisotopic (exact) mass is 244 g/mol. The lowest BCUT2D eigenvalue weighted by atomic mass is 9.99. The molecule has 2 unspecified atom stereocenters. The van der Waals surface area contributed by atoms with Gasteiger partial charge in [0.25, 0.3) is 0 Å². The average molecular weight is 244 g/mol. The molecule has 0 heterocycles. The van der Waals surface area contributed by atoms with Gasteiger partial charge in [-0.1, -0.05) is 0 Å². The van der Waals surface area contributed by atoms with E-state index in [9.17, 15) is 19.4 Å². The zero-order valence-corrected chi connectivity index (χ0v) is 8.88. The van der Waals surface area contributed by atoms with Crippen molar-refractivity contribution < 1.29 is 29.6 Å². The second-order valence-electron chi connectivity index (χ2n) is 3.57. The number of rotatable bonds is 5. The summed E-state index contributed by atoms with van der Waals surface area (Å²) in [4.78, 5) is 10.7. The highest BCUT2D eigenvalue weighted by Gasteiger charge is 2.22. The SMILES string of the molecule is O=C(O)c1ccc(F)c(C(O)C(O)CCO)c1. The summed E-state index contributed by atoms with van der Waals surface area (Å²) in [5.41, 5.74) is -0.484. The number of carboxylic acid groups (broad SMARTS) is 1. The van der Waals surface area contributed by atoms with Gasteiger partial charge < -0.3 is 20.4 Å². The van der Waals surface area contributed by atoms with Crippen LogP contribution < -0.4 is 0 Å². The van der Waals surface area contributed by atoms with Crippen LogP contribution in [0.5, 0.6) is 0 Å². The summed E-state index contributed by atoms with van der Waals surface area (Å²) in [6.45, 7) is -0.363. The highest BCUT2D eigenvalue weighted by atomic mass is 19.1. The number of aliphatic hydroxyl groups is 3. The minimum atomic E-state index is -1.57. The van der Waals surface area contributed by atoms with Gasteiger partial charge in [-0.25, -0.2) is 9.18 Å². The smallest absolute Gasteiger partial charge is 0.335 e. The van der Waals surface area contributed by atoms with Crippen LogP contribution in [0.1, 0.15) is 28.4 Å². The molecule has 0 aliphatic carbocycles. The molecular formula is C11H13FO5. The molecule has 1 aromatic carbocycles. The summed E-state index contributed by atoms with van der Waals surface area (Å²) in [6, 6.07) is 2.93. The molecule has 0 saturated carbocycles. The Morgan fingerprint density at radius 3 is 2.53 bits per heavy atom. The van der Waals surface area contributed by atoms with Crippen molar-refractivity contribution in [1.29, 1.82) is 0 Å². The predicted octanol–water partition coefficient (Wildman–Crippen LogP) is 0.301. The van der Waals surface area contributed by atoms with Gasteiger partial charge in [-0.05, 0) is 24.6 Å². The van der Waals surface area contributed by atoms with E-state index in [0.717, 1.165) is 18.2 Å². The van der Waals surface area contributed by atoms with Gasteiger partial charge in [0.2, 0.25) is 0 Å². The van der Waals surface area contributed by atoms with Gasteiger partial charge in [0, 0.05) is 12.2 Å². The summed E-state index contributed by atoms with van der Waals surface area (Å²) < 4.78 is 13.4. The fourth-order valence-corrected chi connectivity index (χ4v) is 1.40. The maximum absolute atomic E-state index is 13.4. The minimum Gasteiger partial charge on any atom is -0.478 e. The van der Waals surface area contributed by atoms with Crippen molar-refractivity contribution in [2.45, 2.75) is 18.6 Å². The van der Waals surface area contributed by atoms with Crippen molar-refractivity contribution in [1.82, 2.24) is 0 Å². The van der Waals surface area contributed by atoms with E-state index in [0.29, 0.717) is 0 Å². The third kappa shape index (κ3) is 3.23. The number of carboxylic acids is 1. The lowest BCUT2D eigenvalue weighted by Gasteiger charge is -2.18. The highest BCUT2D eigenvalue weighted by Crippen LogP contribution is 2.23. The molecule has 4 N–H and O–H groups in total. The molecule has 17 heavy (non-hydrogen) atoms. The van der Waals surface area contributed by atoms with E-state index >= 15 is 0 Å². The van der Waals surface area contributed by atoms with Crippen LogP contribution >= 0.6 is 0 Å². The Balaban J connectivity index is 3.03. The fourth-order valence-electron chi connectivity index (χ4n) is 1.40. The standard InChI is InChI=1S/C11H13FO5/c12-8-2-1-6(11(16)17)5-7(8)10(15)9(14)3-4-13/h1-2,5,9-10,13-15H,3-4H2,(H,16,17). The zero-order valence-electron chi connectivity index (χ0n) is 8.88. The average Bonchev–Trinajstić information content (AvgIpc) is 2.28. The molecule has 0 amide bonds. The molecule has 1 aromatic rings. The van der Waals surface area contributed by atoms with Crippen LogP contribution in [0.2, 0.25) is 0 Å². The molecule has 5 nitrogen and oxygen atoms in total. The van der Waals surface area contributed by atoms with Gasteiger partial charge in [0.15, 0.2) is 0 Å². The van der Waals surface area contributed by atoms with E-state index in [1.54, 1.807) is 0 Å². The Labute approximate surface area is 96.8 Å². The second kappa shape index (κ2) is 5.72. The van der Waals surface area contributed by atoms with Crippen molar-refractivity contribution in [3.8, 4) is 0 Å². The van der Waals surface area contributed by atoms with E-state index in [4.69, 9.17) is 10.2 Å². The van der Waals surface area contributed by atoms with E-state index in [-0.39, 0.29) is 24.2 Å². The van der Waals surface area contributed by atoms with Crippen LogP contribution in [-0.4, -0.2) is 39.1 Å². The van der Waals surface area contributed by atoms with Crippen LogP contribution in [0.15, 0.2) is 18.2 Å². The number of hydrogen-bond acceptors (Lipinski definition) is 4. The number of aliphatic hydroxyl groups excluding tert-OH is 3. The minimum absolute atomic E-state index is 0.127. The molecule has 0 bridgehead atoms. The van der Waals surface area contributed by atoms with Gasteiger partial charge in [-0.15, -0.1) is 0 Å². The van der Waals surface area contributed by atoms with Gasteiger partial charge >= 0.3 is 5.97 Å². The first-order valence-electron chi connectivity index (χ1n) is 4.97. The molecule has 0 fully saturated rings. The molecule has 0 radical (unpaired) electrons. The molecule has 0 aliphatic rings. The molecular weight excluding hydrogens is 231 g/mol. The maximum atomic E-state index is 13.4. The number of carbonyl (C=O) groups is 1. The number of halogens is 1. The van der Waals surface area contributed by atoms with Gasteiger partial charge in [0.1, 0.15) is 11.9 Å². The molecule has 0 aromatic heterocycles. The molecule has 0 spiro atoms. The summed E-state index contributed by atoms with van der Waals surface area (Å²) in [5, 5.41) is 36.3. The molecule has 1 rings (SSSR count). The van der Waals surface area contributed by atoms with E-state index in [2.05, 4.69) is 0 Å². The van der Waals surface area contributed by atoms with Crippen LogP contribution in [-0.2, 0) is 0 Å². The van der Waals surface area contributed by atoms with Crippen molar-refractivity contribution >= 4 is 5.97 Å². The second-order valence-corrected chi connectivity index (χ2v) is 3.57. The van der Waals surface area contributed by atoms with Crippen molar-refractivity contribution in [2.24, 2.45) is 0 Å². The Morgan fingerprint density at radius 1 is 1.35 bits per heavy atom. The van der Waals surface area contributed by atoms with Gasteiger partial charge in [-0.3, -0.25) is 0 Å². The Bertz CT molecular complexity index is 407. The zero-order chi connectivity index (χ0) is 13.0. The largest absolute Gasteiger partial charge is 0.478 e. The van der Waals surface area contributed by atoms with Crippen LogP contribution in [0.4, 0.5) is 4.39 Å². The van der Waals surface area contributed by atoms with Gasteiger partial charge in [-0.2, -0.15) is 0 Å². The third-order valence-electron chi connectivity index (χ3n) is 2.35. The Hall–Kier alpha value is -1.50. The van der Waals surface area contributed by atoms with Crippen LogP contribution in [0.3, 0.4) is 0 Å². The molecule has 0 aliphatic heterocycles. The first-order chi connectivity index (χ1) is 7.97. The van der Waals surface area contributed by atoms with Crippen molar-refractivity contribution in [3.63, 3.8) is 0 Å². The Kier molecular flexibility index (Phi) is 4.56. The van der Waals surface area contributed by atoms with Crippen LogP contribution in [0, 0.1) is 5.82 Å². The normalized spacial score (nSPS) is 14.4. The molecule has 6 heteroatoms. The summed E-state index contributed by atoms with van der Waals surface area (Å²) >= 11 is 0. The maximum Gasteiger partial charge on any atom is 0.335 e. The topological polar surface area (TPSA) is 98.0 Å². The highest BCUT2D eigenvalue weighted by molar-refractivity contribution is 5.87. The number of aromatic carboxylic acids is 1. The third-order valence-corrected chi connectivity index (χ3v) is 2.35. The van der Waals surface area contributed by atoms with E-state index in [1.165, 1.54) is 0 Å². The molecule has 94 valence electrons. The first-order valence-corrected chi connectivity index (χ1v) is 4.97. The van der Waals surface area contributed by atoms with Crippen molar-refractivity contribution in [3.05, 3.63) is 35.1 Å². The lowest BCUT2D eigenvalue weighted by Crippen LogP contribution is -2.21. The Morgan fingerprint density at radius 2 is 2.00 bits per heavy atom. The molecule has 2 atom stereocenters. The fraction of sp³-hybridized carbons (Fsp3) is 0.364.